The fourth-order valence-electron chi connectivity index (χ4n) is 2.63. The molecule has 29 heavy (non-hydrogen) atoms. The molecule has 9 nitrogen and oxygen atoms in total. The molecule has 0 aliphatic rings. The highest BCUT2D eigenvalue weighted by molar-refractivity contribution is 7.99. The standard InChI is InChI=1S/C19H17N5O4S/c1-23-17(10-9-16(20)25)21-22-19(23)29-15-8-7-13(11-14(15)24(27)28)18(26)12-5-3-2-4-6-12/h2-8,11H,9-10H2,1H3,(H2,20,25). The molecule has 0 atom stereocenters. The van der Waals surface area contributed by atoms with Crippen molar-refractivity contribution in [1.82, 2.24) is 14.8 Å². The molecule has 2 N–H and O–H groups in total. The topological polar surface area (TPSA) is 134 Å². The summed E-state index contributed by atoms with van der Waals surface area (Å²) in [6.07, 6.45) is 0.457. The lowest BCUT2D eigenvalue weighted by atomic mass is 10.0. The number of aryl methyl sites for hydroxylation is 1. The minimum absolute atomic E-state index is 0.132. The van der Waals surface area contributed by atoms with Crippen LogP contribution in [-0.2, 0) is 18.3 Å². The highest BCUT2D eigenvalue weighted by atomic mass is 32.2. The van der Waals surface area contributed by atoms with Crippen LogP contribution in [0.1, 0.15) is 28.2 Å². The Bertz CT molecular complexity index is 1080. The van der Waals surface area contributed by atoms with Crippen molar-refractivity contribution in [3.05, 3.63) is 75.6 Å². The van der Waals surface area contributed by atoms with Gasteiger partial charge in [0.1, 0.15) is 5.82 Å². The van der Waals surface area contributed by atoms with Gasteiger partial charge >= 0.3 is 0 Å². The average molecular weight is 411 g/mol. The van der Waals surface area contributed by atoms with Crippen LogP contribution in [0.5, 0.6) is 0 Å². The Hall–Kier alpha value is -3.53. The Morgan fingerprint density at radius 1 is 1.14 bits per heavy atom. The minimum Gasteiger partial charge on any atom is -0.370 e. The molecule has 3 rings (SSSR count). The maximum Gasteiger partial charge on any atom is 0.284 e. The highest BCUT2D eigenvalue weighted by Gasteiger charge is 2.21. The fourth-order valence-corrected chi connectivity index (χ4v) is 3.52. The van der Waals surface area contributed by atoms with Gasteiger partial charge in [-0.15, -0.1) is 10.2 Å². The van der Waals surface area contributed by atoms with E-state index in [0.29, 0.717) is 27.9 Å². The third-order valence-electron chi connectivity index (χ3n) is 4.18. The van der Waals surface area contributed by atoms with E-state index in [1.807, 2.05) is 0 Å². The van der Waals surface area contributed by atoms with Crippen LogP contribution in [0.15, 0.2) is 58.6 Å². The Labute approximate surface area is 170 Å². The lowest BCUT2D eigenvalue weighted by molar-refractivity contribution is -0.387. The molecule has 1 amide bonds. The van der Waals surface area contributed by atoms with Gasteiger partial charge in [0.2, 0.25) is 5.91 Å². The molecule has 0 radical (unpaired) electrons. The number of aromatic nitrogens is 3. The van der Waals surface area contributed by atoms with Gasteiger partial charge in [-0.3, -0.25) is 19.7 Å². The van der Waals surface area contributed by atoms with E-state index in [9.17, 15) is 19.7 Å². The molecule has 10 heteroatoms. The second kappa shape index (κ2) is 8.65. The first kappa shape index (κ1) is 20.2. The molecule has 3 aromatic rings. The summed E-state index contributed by atoms with van der Waals surface area (Å²) in [7, 11) is 1.71. The number of nitrogens with zero attached hydrogens (tertiary/aromatic N) is 4. The van der Waals surface area contributed by atoms with Gasteiger partial charge < -0.3 is 10.3 Å². The molecule has 148 valence electrons. The molecule has 2 aromatic carbocycles. The van der Waals surface area contributed by atoms with Crippen molar-refractivity contribution in [1.29, 1.82) is 0 Å². The summed E-state index contributed by atoms with van der Waals surface area (Å²) in [5, 5.41) is 20.0. The maximum atomic E-state index is 12.6. The van der Waals surface area contributed by atoms with Gasteiger partial charge in [0.15, 0.2) is 10.9 Å². The molecule has 0 bridgehead atoms. The molecule has 0 aliphatic heterocycles. The van der Waals surface area contributed by atoms with Gasteiger partial charge in [-0.1, -0.05) is 30.3 Å². The summed E-state index contributed by atoms with van der Waals surface area (Å²) < 4.78 is 1.65. The minimum atomic E-state index is -0.533. The number of nitrogens with two attached hydrogens (primary N) is 1. The molecule has 1 aromatic heterocycles. The second-order valence-electron chi connectivity index (χ2n) is 6.16. The smallest absolute Gasteiger partial charge is 0.284 e. The molecule has 0 unspecified atom stereocenters. The van der Waals surface area contributed by atoms with Crippen LogP contribution in [0.4, 0.5) is 5.69 Å². The van der Waals surface area contributed by atoms with E-state index in [2.05, 4.69) is 10.2 Å². The van der Waals surface area contributed by atoms with Crippen LogP contribution in [0, 0.1) is 10.1 Å². The number of carbonyl (C=O) groups excluding carboxylic acids is 2. The number of primary amides is 1. The summed E-state index contributed by atoms with van der Waals surface area (Å²) in [5.41, 5.74) is 5.64. The van der Waals surface area contributed by atoms with E-state index in [1.54, 1.807) is 48.0 Å². The maximum absolute atomic E-state index is 12.6. The van der Waals surface area contributed by atoms with Gasteiger partial charge in [-0.05, 0) is 23.9 Å². The molecule has 0 saturated heterocycles. The summed E-state index contributed by atoms with van der Waals surface area (Å²) in [4.78, 5) is 34.9. The number of hydrogen-bond donors (Lipinski definition) is 1. The van der Waals surface area contributed by atoms with E-state index < -0.39 is 10.8 Å². The molecule has 0 aliphatic carbocycles. The largest absolute Gasteiger partial charge is 0.370 e. The third-order valence-corrected chi connectivity index (χ3v) is 5.28. The number of benzene rings is 2. The predicted molar refractivity (Wildman–Crippen MR) is 106 cm³/mol. The van der Waals surface area contributed by atoms with Crippen LogP contribution in [-0.4, -0.2) is 31.4 Å². The number of ketones is 1. The van der Waals surface area contributed by atoms with E-state index in [-0.39, 0.29) is 23.5 Å². The molecule has 0 spiro atoms. The number of carbonyl (C=O) groups is 2. The van der Waals surface area contributed by atoms with Gasteiger partial charge in [0.05, 0.1) is 9.82 Å². The van der Waals surface area contributed by atoms with Gasteiger partial charge in [-0.2, -0.15) is 0 Å². The Morgan fingerprint density at radius 2 is 1.86 bits per heavy atom. The molecule has 1 heterocycles. The first-order valence-electron chi connectivity index (χ1n) is 8.59. The number of amides is 1. The van der Waals surface area contributed by atoms with Crippen LogP contribution in [0.3, 0.4) is 0 Å². The van der Waals surface area contributed by atoms with E-state index in [0.717, 1.165) is 11.8 Å². The van der Waals surface area contributed by atoms with Crippen LogP contribution in [0.2, 0.25) is 0 Å². The monoisotopic (exact) mass is 411 g/mol. The predicted octanol–water partition coefficient (Wildman–Crippen LogP) is 2.52. The Kier molecular flexibility index (Phi) is 6.03. The normalized spacial score (nSPS) is 10.7. The molecule has 0 saturated carbocycles. The van der Waals surface area contributed by atoms with E-state index >= 15 is 0 Å². The summed E-state index contributed by atoms with van der Waals surface area (Å²) in [5.74, 6) is -0.195. The quantitative estimate of drug-likeness (QED) is 0.342. The van der Waals surface area contributed by atoms with E-state index in [4.69, 9.17) is 5.73 Å². The van der Waals surface area contributed by atoms with Crippen molar-refractivity contribution in [3.8, 4) is 0 Å². The van der Waals surface area contributed by atoms with Crippen LogP contribution in [0.25, 0.3) is 0 Å². The number of nitro benzene ring substituents is 1. The zero-order chi connectivity index (χ0) is 21.0. The lowest BCUT2D eigenvalue weighted by Crippen LogP contribution is -2.12. The zero-order valence-electron chi connectivity index (χ0n) is 15.4. The van der Waals surface area contributed by atoms with Crippen LogP contribution >= 0.6 is 11.8 Å². The summed E-state index contributed by atoms with van der Waals surface area (Å²) in [6.45, 7) is 0. The van der Waals surface area contributed by atoms with Crippen LogP contribution < -0.4 is 5.73 Å². The average Bonchev–Trinajstić information content (AvgIpc) is 3.06. The molecule has 0 fully saturated rings. The molecular formula is C19H17N5O4S. The number of nitro groups is 1. The number of rotatable bonds is 8. The number of hydrogen-bond acceptors (Lipinski definition) is 7. The Balaban J connectivity index is 1.88. The van der Waals surface area contributed by atoms with Gasteiger partial charge in [0.25, 0.3) is 5.69 Å². The van der Waals surface area contributed by atoms with Crippen molar-refractivity contribution < 1.29 is 14.5 Å². The zero-order valence-corrected chi connectivity index (χ0v) is 16.3. The van der Waals surface area contributed by atoms with Gasteiger partial charge in [-0.25, -0.2) is 0 Å². The third kappa shape index (κ3) is 4.66. The highest BCUT2D eigenvalue weighted by Crippen LogP contribution is 2.35. The summed E-state index contributed by atoms with van der Waals surface area (Å²) >= 11 is 1.06. The lowest BCUT2D eigenvalue weighted by Gasteiger charge is -2.06. The van der Waals surface area contributed by atoms with Crippen molar-refractivity contribution in [2.75, 3.05) is 0 Å². The Morgan fingerprint density at radius 3 is 2.52 bits per heavy atom. The second-order valence-corrected chi connectivity index (χ2v) is 7.17. The fraction of sp³-hybridized carbons (Fsp3) is 0.158. The van der Waals surface area contributed by atoms with E-state index in [1.165, 1.54) is 12.1 Å². The molecular weight excluding hydrogens is 394 g/mol. The SMILES string of the molecule is Cn1c(CCC(N)=O)nnc1Sc1ccc(C(=O)c2ccccc2)cc1[N+](=O)[O-]. The van der Waals surface area contributed by atoms with Crippen molar-refractivity contribution >= 4 is 29.1 Å². The van der Waals surface area contributed by atoms with Gasteiger partial charge in [0, 0.05) is 37.1 Å². The first-order chi connectivity index (χ1) is 13.9. The van der Waals surface area contributed by atoms with Crippen molar-refractivity contribution in [2.45, 2.75) is 22.9 Å². The first-order valence-corrected chi connectivity index (χ1v) is 9.41. The summed E-state index contributed by atoms with van der Waals surface area (Å²) in [6, 6.07) is 12.9. The van der Waals surface area contributed by atoms with Crippen molar-refractivity contribution in [2.24, 2.45) is 12.8 Å². The van der Waals surface area contributed by atoms with Crippen molar-refractivity contribution in [3.63, 3.8) is 0 Å².